The van der Waals surface area contributed by atoms with Crippen LogP contribution in [0.5, 0.6) is 0 Å². The van der Waals surface area contributed by atoms with Gasteiger partial charge in [-0.05, 0) is 11.1 Å². The van der Waals surface area contributed by atoms with E-state index in [0.29, 0.717) is 24.4 Å². The third-order valence-electron chi connectivity index (χ3n) is 3.40. The third kappa shape index (κ3) is 3.31. The van der Waals surface area contributed by atoms with E-state index in [0.717, 1.165) is 11.1 Å². The van der Waals surface area contributed by atoms with Crippen LogP contribution < -0.4 is 0 Å². The number of benzene rings is 2. The minimum atomic E-state index is -0.276. The molecule has 0 bridgehead atoms. The standard InChI is InChI=1S/C18H16O3/c19-18-16(11-14-7-3-1-4-8-14)17(13-21-18)20-12-15-9-5-2-6-10-15/h1-10H,11-13H2. The lowest BCUT2D eigenvalue weighted by atomic mass is 10.1. The number of carbonyl (C=O) groups excluding carboxylic acids is 1. The molecule has 0 atom stereocenters. The maximum absolute atomic E-state index is 11.8. The quantitative estimate of drug-likeness (QED) is 0.789. The first-order chi connectivity index (χ1) is 10.3. The first-order valence-corrected chi connectivity index (χ1v) is 6.93. The molecule has 1 aliphatic heterocycles. The smallest absolute Gasteiger partial charge is 0.338 e. The molecule has 3 nitrogen and oxygen atoms in total. The SMILES string of the molecule is O=C1OCC(OCc2ccccc2)=C1Cc1ccccc1. The van der Waals surface area contributed by atoms with Crippen LogP contribution in [0.2, 0.25) is 0 Å². The Hall–Kier alpha value is -2.55. The highest BCUT2D eigenvalue weighted by Crippen LogP contribution is 2.22. The van der Waals surface area contributed by atoms with E-state index in [1.807, 2.05) is 60.7 Å². The lowest BCUT2D eigenvalue weighted by Gasteiger charge is -2.07. The highest BCUT2D eigenvalue weighted by molar-refractivity contribution is 5.91. The van der Waals surface area contributed by atoms with E-state index in [-0.39, 0.29) is 12.6 Å². The number of rotatable bonds is 5. The number of cyclic esters (lactones) is 1. The van der Waals surface area contributed by atoms with Crippen molar-refractivity contribution in [2.24, 2.45) is 0 Å². The Bertz CT molecular complexity index is 645. The van der Waals surface area contributed by atoms with Crippen molar-refractivity contribution >= 4 is 5.97 Å². The lowest BCUT2D eigenvalue weighted by Crippen LogP contribution is -2.03. The van der Waals surface area contributed by atoms with E-state index < -0.39 is 0 Å². The van der Waals surface area contributed by atoms with Gasteiger partial charge in [0.1, 0.15) is 19.0 Å². The summed E-state index contributed by atoms with van der Waals surface area (Å²) in [6.07, 6.45) is 0.545. The van der Waals surface area contributed by atoms with E-state index in [1.54, 1.807) is 0 Å². The van der Waals surface area contributed by atoms with Gasteiger partial charge in [0, 0.05) is 6.42 Å². The van der Waals surface area contributed by atoms with Crippen molar-refractivity contribution in [3.63, 3.8) is 0 Å². The molecule has 1 heterocycles. The summed E-state index contributed by atoms with van der Waals surface area (Å²) in [7, 11) is 0. The fourth-order valence-electron chi connectivity index (χ4n) is 2.26. The fraction of sp³-hybridized carbons (Fsp3) is 0.167. The first kappa shape index (κ1) is 13.4. The Morgan fingerprint density at radius 3 is 2.19 bits per heavy atom. The summed E-state index contributed by atoms with van der Waals surface area (Å²) in [5.74, 6) is 0.370. The normalized spacial score (nSPS) is 14.2. The van der Waals surface area contributed by atoms with Crippen LogP contribution in [0.4, 0.5) is 0 Å². The Morgan fingerprint density at radius 1 is 0.905 bits per heavy atom. The van der Waals surface area contributed by atoms with Crippen molar-refractivity contribution in [2.75, 3.05) is 6.61 Å². The molecular weight excluding hydrogens is 264 g/mol. The molecule has 0 radical (unpaired) electrons. The van der Waals surface area contributed by atoms with Gasteiger partial charge in [-0.3, -0.25) is 0 Å². The second-order valence-corrected chi connectivity index (χ2v) is 4.91. The van der Waals surface area contributed by atoms with Gasteiger partial charge in [-0.2, -0.15) is 0 Å². The molecule has 3 rings (SSSR count). The molecular formula is C18H16O3. The Labute approximate surface area is 123 Å². The van der Waals surface area contributed by atoms with Gasteiger partial charge >= 0.3 is 5.97 Å². The summed E-state index contributed by atoms with van der Waals surface area (Å²) in [4.78, 5) is 11.8. The predicted octanol–water partition coefficient (Wildman–Crippen LogP) is 3.26. The molecule has 106 valence electrons. The fourth-order valence-corrected chi connectivity index (χ4v) is 2.26. The van der Waals surface area contributed by atoms with Crippen molar-refractivity contribution < 1.29 is 14.3 Å². The van der Waals surface area contributed by atoms with Gasteiger partial charge in [0.2, 0.25) is 0 Å². The zero-order valence-electron chi connectivity index (χ0n) is 11.6. The van der Waals surface area contributed by atoms with Gasteiger partial charge in [0.05, 0.1) is 5.57 Å². The average Bonchev–Trinajstić information content (AvgIpc) is 2.88. The van der Waals surface area contributed by atoms with Gasteiger partial charge in [-0.15, -0.1) is 0 Å². The second kappa shape index (κ2) is 6.27. The van der Waals surface area contributed by atoms with Crippen molar-refractivity contribution in [2.45, 2.75) is 13.0 Å². The van der Waals surface area contributed by atoms with Gasteiger partial charge < -0.3 is 9.47 Å². The Kier molecular flexibility index (Phi) is 4.01. The summed E-state index contributed by atoms with van der Waals surface area (Å²) >= 11 is 0. The molecule has 0 saturated carbocycles. The Balaban J connectivity index is 1.73. The summed E-state index contributed by atoms with van der Waals surface area (Å²) in [6, 6.07) is 19.7. The largest absolute Gasteiger partial charge is 0.489 e. The molecule has 0 fully saturated rings. The highest BCUT2D eigenvalue weighted by atomic mass is 16.6. The molecule has 0 unspecified atom stereocenters. The van der Waals surface area contributed by atoms with Gasteiger partial charge in [-0.25, -0.2) is 4.79 Å². The molecule has 0 saturated heterocycles. The monoisotopic (exact) mass is 280 g/mol. The number of hydrogen-bond donors (Lipinski definition) is 0. The molecule has 0 spiro atoms. The molecule has 0 aromatic heterocycles. The van der Waals surface area contributed by atoms with Crippen LogP contribution >= 0.6 is 0 Å². The van der Waals surface area contributed by atoms with Crippen LogP contribution in [0, 0.1) is 0 Å². The summed E-state index contributed by atoms with van der Waals surface area (Å²) in [5, 5.41) is 0. The maximum atomic E-state index is 11.8. The van der Waals surface area contributed by atoms with Crippen LogP contribution in [0.25, 0.3) is 0 Å². The third-order valence-corrected chi connectivity index (χ3v) is 3.40. The van der Waals surface area contributed by atoms with E-state index in [4.69, 9.17) is 9.47 Å². The predicted molar refractivity (Wildman–Crippen MR) is 79.4 cm³/mol. The molecule has 2 aromatic carbocycles. The second-order valence-electron chi connectivity index (χ2n) is 4.91. The molecule has 0 aliphatic carbocycles. The van der Waals surface area contributed by atoms with Gasteiger partial charge in [0.15, 0.2) is 0 Å². The van der Waals surface area contributed by atoms with Crippen molar-refractivity contribution in [1.82, 2.24) is 0 Å². The molecule has 0 amide bonds. The number of esters is 1. The molecule has 2 aromatic rings. The summed E-state index contributed by atoms with van der Waals surface area (Å²) in [6.45, 7) is 0.680. The summed E-state index contributed by atoms with van der Waals surface area (Å²) < 4.78 is 10.9. The van der Waals surface area contributed by atoms with Gasteiger partial charge in [0.25, 0.3) is 0 Å². The van der Waals surface area contributed by atoms with E-state index in [1.165, 1.54) is 0 Å². The molecule has 21 heavy (non-hydrogen) atoms. The number of carbonyl (C=O) groups is 1. The molecule has 1 aliphatic rings. The molecule has 3 heteroatoms. The van der Waals surface area contributed by atoms with E-state index >= 15 is 0 Å². The number of ether oxygens (including phenoxy) is 2. The van der Waals surface area contributed by atoms with Crippen molar-refractivity contribution in [3.05, 3.63) is 83.1 Å². The van der Waals surface area contributed by atoms with Crippen LogP contribution in [-0.4, -0.2) is 12.6 Å². The maximum Gasteiger partial charge on any atom is 0.338 e. The van der Waals surface area contributed by atoms with E-state index in [9.17, 15) is 4.79 Å². The average molecular weight is 280 g/mol. The first-order valence-electron chi connectivity index (χ1n) is 6.93. The Morgan fingerprint density at radius 2 is 1.52 bits per heavy atom. The number of hydrogen-bond acceptors (Lipinski definition) is 3. The minimum Gasteiger partial charge on any atom is -0.489 e. The van der Waals surface area contributed by atoms with Gasteiger partial charge in [-0.1, -0.05) is 60.7 Å². The lowest BCUT2D eigenvalue weighted by molar-refractivity contribution is -0.136. The van der Waals surface area contributed by atoms with Crippen molar-refractivity contribution in [1.29, 1.82) is 0 Å². The highest BCUT2D eigenvalue weighted by Gasteiger charge is 2.26. The summed E-state index contributed by atoms with van der Waals surface area (Å²) in [5.41, 5.74) is 2.77. The zero-order valence-corrected chi connectivity index (χ0v) is 11.6. The molecule has 0 N–H and O–H groups in total. The zero-order chi connectivity index (χ0) is 14.5. The van der Waals surface area contributed by atoms with E-state index in [2.05, 4.69) is 0 Å². The topological polar surface area (TPSA) is 35.5 Å². The van der Waals surface area contributed by atoms with Crippen LogP contribution in [0.15, 0.2) is 72.0 Å². The minimum absolute atomic E-state index is 0.230. The van der Waals surface area contributed by atoms with Crippen LogP contribution in [0.1, 0.15) is 11.1 Å². The van der Waals surface area contributed by atoms with Crippen LogP contribution in [0.3, 0.4) is 0 Å². The van der Waals surface area contributed by atoms with Crippen LogP contribution in [-0.2, 0) is 27.3 Å². The van der Waals surface area contributed by atoms with Crippen molar-refractivity contribution in [3.8, 4) is 0 Å².